The molecule has 3 amide bonds. The van der Waals surface area contributed by atoms with Crippen molar-refractivity contribution in [3.63, 3.8) is 0 Å². The van der Waals surface area contributed by atoms with E-state index in [0.717, 1.165) is 27.3 Å². The maximum atomic E-state index is 13.7. The summed E-state index contributed by atoms with van der Waals surface area (Å²) in [4.78, 5) is 56.0. The summed E-state index contributed by atoms with van der Waals surface area (Å²) in [7, 11) is 5.20. The Kier molecular flexibility index (Phi) is 12.7. The van der Waals surface area contributed by atoms with Crippen molar-refractivity contribution in [3.05, 3.63) is 136 Å². The summed E-state index contributed by atoms with van der Waals surface area (Å²) in [5.41, 5.74) is 5.65. The molecule has 0 aliphatic heterocycles. The summed E-state index contributed by atoms with van der Waals surface area (Å²) in [6.07, 6.45) is 2.13. The molecule has 0 radical (unpaired) electrons. The lowest BCUT2D eigenvalue weighted by atomic mass is 10.0. The second-order valence-corrected chi connectivity index (χ2v) is 14.2. The molecule has 0 fully saturated rings. The predicted octanol–water partition coefficient (Wildman–Crippen LogP) is 8.50. The van der Waals surface area contributed by atoms with E-state index in [1.54, 1.807) is 48.5 Å². The molecular formula is C41H40N4O5S2. The van der Waals surface area contributed by atoms with Crippen molar-refractivity contribution in [1.29, 1.82) is 0 Å². The van der Waals surface area contributed by atoms with Gasteiger partial charge in [0.15, 0.2) is 0 Å². The van der Waals surface area contributed by atoms with E-state index in [1.165, 1.54) is 30.2 Å². The number of anilines is 3. The number of benzene rings is 4. The topological polar surface area (TPSA) is 117 Å². The van der Waals surface area contributed by atoms with E-state index in [0.29, 0.717) is 33.8 Å². The Morgan fingerprint density at radius 3 is 2.25 bits per heavy atom. The van der Waals surface area contributed by atoms with E-state index >= 15 is 0 Å². The van der Waals surface area contributed by atoms with Crippen molar-refractivity contribution in [2.24, 2.45) is 0 Å². The second-order valence-electron chi connectivity index (χ2n) is 12.1. The average Bonchev–Trinajstić information content (AvgIpc) is 3.57. The lowest BCUT2D eigenvalue weighted by molar-refractivity contribution is -0.116. The van der Waals surface area contributed by atoms with Crippen LogP contribution in [0, 0.1) is 6.92 Å². The van der Waals surface area contributed by atoms with Gasteiger partial charge in [-0.05, 0) is 73.0 Å². The molecule has 0 aliphatic carbocycles. The molecule has 5 rings (SSSR count). The van der Waals surface area contributed by atoms with E-state index in [-0.39, 0.29) is 11.6 Å². The Morgan fingerprint density at radius 1 is 0.885 bits per heavy atom. The fraction of sp³-hybridized carbons (Fsp3) is 0.171. The fourth-order valence-corrected chi connectivity index (χ4v) is 7.18. The van der Waals surface area contributed by atoms with Gasteiger partial charge in [0.25, 0.3) is 11.8 Å². The third-order valence-corrected chi connectivity index (χ3v) is 10.3. The van der Waals surface area contributed by atoms with Crippen LogP contribution in [0.5, 0.6) is 0 Å². The fourth-order valence-electron chi connectivity index (χ4n) is 5.20. The first-order valence-corrected chi connectivity index (χ1v) is 18.3. The molecule has 5 aromatic rings. The molecule has 266 valence electrons. The maximum absolute atomic E-state index is 13.7. The number of hydrogen-bond acceptors (Lipinski definition) is 8. The number of methoxy groups -OCH3 is 1. The van der Waals surface area contributed by atoms with Gasteiger partial charge in [0, 0.05) is 46.9 Å². The molecule has 4 aromatic carbocycles. The van der Waals surface area contributed by atoms with Crippen LogP contribution in [0.3, 0.4) is 0 Å². The number of nitrogens with zero attached hydrogens (tertiary/aromatic N) is 1. The summed E-state index contributed by atoms with van der Waals surface area (Å²) in [5.74, 6) is -1.72. The highest BCUT2D eigenvalue weighted by atomic mass is 32.2. The van der Waals surface area contributed by atoms with E-state index in [1.807, 2.05) is 98.9 Å². The minimum absolute atomic E-state index is 0.0673. The van der Waals surface area contributed by atoms with Gasteiger partial charge in [-0.1, -0.05) is 73.2 Å². The van der Waals surface area contributed by atoms with E-state index < -0.39 is 23.0 Å². The minimum Gasteiger partial charge on any atom is -0.465 e. The molecule has 1 heterocycles. The van der Waals surface area contributed by atoms with Crippen molar-refractivity contribution in [2.75, 3.05) is 36.7 Å². The molecule has 1 unspecified atom stereocenters. The molecule has 52 heavy (non-hydrogen) atoms. The van der Waals surface area contributed by atoms with Gasteiger partial charge in [0.1, 0.15) is 16.3 Å². The van der Waals surface area contributed by atoms with Crippen molar-refractivity contribution in [1.82, 2.24) is 5.32 Å². The van der Waals surface area contributed by atoms with Crippen LogP contribution in [-0.2, 0) is 14.3 Å². The SMILES string of the molecule is CCC(Sc1cccc(NC(=O)/C(=C\c2ccc(N(C)C)cc2)NC(=O)c2ccccc2)c1)C(=O)Nc1scc(-c2ccc(C)cc2)c1C(=O)OC. The highest BCUT2D eigenvalue weighted by Crippen LogP contribution is 2.37. The lowest BCUT2D eigenvalue weighted by Crippen LogP contribution is -2.30. The van der Waals surface area contributed by atoms with Crippen molar-refractivity contribution >= 4 is 69.2 Å². The van der Waals surface area contributed by atoms with Crippen LogP contribution in [0.4, 0.5) is 16.4 Å². The van der Waals surface area contributed by atoms with Crippen molar-refractivity contribution in [3.8, 4) is 11.1 Å². The van der Waals surface area contributed by atoms with Crippen LogP contribution in [-0.4, -0.2) is 50.1 Å². The maximum Gasteiger partial charge on any atom is 0.341 e. The minimum atomic E-state index is -0.532. The molecule has 0 spiro atoms. The summed E-state index contributed by atoms with van der Waals surface area (Å²) >= 11 is 2.61. The van der Waals surface area contributed by atoms with Gasteiger partial charge in [-0.25, -0.2) is 4.79 Å². The van der Waals surface area contributed by atoms with Crippen molar-refractivity contribution in [2.45, 2.75) is 30.4 Å². The molecule has 0 saturated carbocycles. The normalized spacial score (nSPS) is 11.7. The number of rotatable bonds is 13. The van der Waals surface area contributed by atoms with Crippen LogP contribution >= 0.6 is 23.1 Å². The predicted molar refractivity (Wildman–Crippen MR) is 212 cm³/mol. The largest absolute Gasteiger partial charge is 0.465 e. The number of ether oxygens (including phenoxy) is 1. The third-order valence-electron chi connectivity index (χ3n) is 8.06. The van der Waals surface area contributed by atoms with Crippen LogP contribution in [0.2, 0.25) is 0 Å². The Morgan fingerprint density at radius 2 is 1.60 bits per heavy atom. The van der Waals surface area contributed by atoms with Gasteiger partial charge in [-0.15, -0.1) is 23.1 Å². The van der Waals surface area contributed by atoms with Gasteiger partial charge < -0.3 is 25.6 Å². The number of carbonyl (C=O) groups excluding carboxylic acids is 4. The van der Waals surface area contributed by atoms with E-state index in [2.05, 4.69) is 16.0 Å². The molecule has 3 N–H and O–H groups in total. The third kappa shape index (κ3) is 9.56. The first kappa shape index (κ1) is 37.6. The summed E-state index contributed by atoms with van der Waals surface area (Å²) in [5, 5.41) is 10.4. The molecular weight excluding hydrogens is 693 g/mol. The summed E-state index contributed by atoms with van der Waals surface area (Å²) in [6, 6.07) is 31.3. The van der Waals surface area contributed by atoms with E-state index in [4.69, 9.17) is 4.74 Å². The van der Waals surface area contributed by atoms with E-state index in [9.17, 15) is 19.2 Å². The first-order chi connectivity index (χ1) is 25.1. The van der Waals surface area contributed by atoms with Crippen LogP contribution < -0.4 is 20.9 Å². The number of carbonyl (C=O) groups is 4. The lowest BCUT2D eigenvalue weighted by Gasteiger charge is -2.16. The number of nitrogens with one attached hydrogen (secondary N) is 3. The number of thioether (sulfide) groups is 1. The van der Waals surface area contributed by atoms with Crippen LogP contribution in [0.25, 0.3) is 17.2 Å². The summed E-state index contributed by atoms with van der Waals surface area (Å²) in [6.45, 7) is 3.90. The van der Waals surface area contributed by atoms with Crippen LogP contribution in [0.1, 0.15) is 45.2 Å². The molecule has 1 atom stereocenters. The Balaban J connectivity index is 1.33. The van der Waals surface area contributed by atoms with Crippen LogP contribution in [0.15, 0.2) is 119 Å². The smallest absolute Gasteiger partial charge is 0.341 e. The molecule has 9 nitrogen and oxygen atoms in total. The Labute approximate surface area is 312 Å². The quantitative estimate of drug-likeness (QED) is 0.0632. The van der Waals surface area contributed by atoms with Gasteiger partial charge in [0.2, 0.25) is 5.91 Å². The zero-order valence-corrected chi connectivity index (χ0v) is 31.2. The number of amides is 3. The Hall–Kier alpha value is -5.65. The molecule has 0 saturated heterocycles. The van der Waals surface area contributed by atoms with Gasteiger partial charge >= 0.3 is 5.97 Å². The van der Waals surface area contributed by atoms with Gasteiger partial charge in [-0.2, -0.15) is 0 Å². The average molecular weight is 733 g/mol. The zero-order chi connectivity index (χ0) is 37.2. The second kappa shape index (κ2) is 17.5. The first-order valence-electron chi connectivity index (χ1n) is 16.6. The Bertz CT molecular complexity index is 2070. The standard InChI is InChI=1S/C41H40N4O5S2/c1-6-35(39(48)44-40-36(41(49)50-5)33(25-51-40)28-19-15-26(2)16-20-28)52-32-14-10-13-30(24-32)42-38(47)34(43-37(46)29-11-8-7-9-12-29)23-27-17-21-31(22-18-27)45(3)4/h7-25,35H,6H2,1-5H3,(H,42,47)(H,43,46)(H,44,48)/b34-23+. The molecule has 0 aliphatic rings. The summed E-state index contributed by atoms with van der Waals surface area (Å²) < 4.78 is 5.08. The van der Waals surface area contributed by atoms with Gasteiger partial charge in [0.05, 0.1) is 12.4 Å². The molecule has 11 heteroatoms. The number of hydrogen-bond donors (Lipinski definition) is 3. The molecule has 0 bridgehead atoms. The van der Waals surface area contributed by atoms with Crippen molar-refractivity contribution < 1.29 is 23.9 Å². The number of thiophene rings is 1. The number of esters is 1. The highest BCUT2D eigenvalue weighted by Gasteiger charge is 2.26. The molecule has 1 aromatic heterocycles. The number of aryl methyl sites for hydroxylation is 1. The monoisotopic (exact) mass is 732 g/mol. The highest BCUT2D eigenvalue weighted by molar-refractivity contribution is 8.00. The van der Waals surface area contributed by atoms with Gasteiger partial charge in [-0.3, -0.25) is 14.4 Å². The zero-order valence-electron chi connectivity index (χ0n) is 29.6.